The third-order valence-electron chi connectivity index (χ3n) is 18.6. The minimum absolute atomic E-state index is 0.0165. The van der Waals surface area contributed by atoms with Crippen LogP contribution >= 0.6 is 0 Å². The summed E-state index contributed by atoms with van der Waals surface area (Å²) in [6, 6.07) is 57.4. The van der Waals surface area contributed by atoms with Crippen molar-refractivity contribution in [2.45, 2.75) is 160 Å². The molecule has 0 bridgehead atoms. The molecule has 0 N–H and O–H groups in total. The Balaban J connectivity index is 1.22. The van der Waals surface area contributed by atoms with Crippen molar-refractivity contribution in [1.82, 2.24) is 4.57 Å². The van der Waals surface area contributed by atoms with Crippen molar-refractivity contribution in [3.8, 4) is 27.9 Å². The Hall–Kier alpha value is -7.56. The van der Waals surface area contributed by atoms with Crippen LogP contribution in [0.4, 0.5) is 34.1 Å². The van der Waals surface area contributed by atoms with Gasteiger partial charge in [-0.2, -0.15) is 0 Å². The second kappa shape index (κ2) is 19.0. The Morgan fingerprint density at radius 1 is 0.317 bits per heavy atom. The molecule has 414 valence electrons. The molecule has 3 heterocycles. The highest BCUT2D eigenvalue weighted by Gasteiger charge is 2.46. The molecule has 0 unspecified atom stereocenters. The number of hydrogen-bond donors (Lipinski definition) is 0. The molecule has 9 aromatic carbocycles. The maximum Gasteiger partial charge on any atom is 0.252 e. The second-order valence-electron chi connectivity index (χ2n) is 28.8. The Bertz CT molecular complexity index is 4240. The van der Waals surface area contributed by atoms with Crippen LogP contribution in [0.3, 0.4) is 0 Å². The zero-order valence-electron chi connectivity index (χ0n) is 52.8. The molecule has 0 amide bonds. The number of nitrogens with zero attached hydrogens (tertiary/aromatic N) is 3. The van der Waals surface area contributed by atoms with E-state index in [0.717, 1.165) is 0 Å². The van der Waals surface area contributed by atoms with Crippen LogP contribution in [0, 0.1) is 55.4 Å². The maximum absolute atomic E-state index is 2.72. The van der Waals surface area contributed by atoms with Crippen LogP contribution in [0.25, 0.3) is 49.7 Å². The number of para-hydroxylation sites is 1. The highest BCUT2D eigenvalue weighted by Crippen LogP contribution is 2.51. The lowest BCUT2D eigenvalue weighted by molar-refractivity contribution is 0.589. The Kier molecular flexibility index (Phi) is 12.7. The van der Waals surface area contributed by atoms with Crippen LogP contribution in [0.2, 0.25) is 0 Å². The van der Waals surface area contributed by atoms with Crippen LogP contribution in [0.15, 0.2) is 146 Å². The quantitative estimate of drug-likeness (QED) is 0.159. The molecule has 2 aliphatic heterocycles. The lowest BCUT2D eigenvalue weighted by Gasteiger charge is -2.46. The first-order valence-corrected chi connectivity index (χ1v) is 30.0. The summed E-state index contributed by atoms with van der Waals surface area (Å²) in [5, 5.41) is 2.58. The van der Waals surface area contributed by atoms with Gasteiger partial charge in [0.25, 0.3) is 6.71 Å². The fourth-order valence-corrected chi connectivity index (χ4v) is 14.1. The molecule has 0 aliphatic carbocycles. The monoisotopic (exact) mass is 1070 g/mol. The molecule has 2 aliphatic rings. The number of benzene rings is 9. The first-order valence-electron chi connectivity index (χ1n) is 30.0. The van der Waals surface area contributed by atoms with E-state index in [-0.39, 0.29) is 28.4 Å². The van der Waals surface area contributed by atoms with E-state index in [1.165, 1.54) is 167 Å². The smallest absolute Gasteiger partial charge is 0.252 e. The van der Waals surface area contributed by atoms with Crippen molar-refractivity contribution in [1.29, 1.82) is 0 Å². The van der Waals surface area contributed by atoms with Gasteiger partial charge in [0, 0.05) is 33.5 Å². The summed E-state index contributed by atoms with van der Waals surface area (Å²) < 4.78 is 2.60. The van der Waals surface area contributed by atoms with Gasteiger partial charge in [0.05, 0.1) is 28.1 Å². The van der Waals surface area contributed by atoms with E-state index >= 15 is 0 Å². The summed E-state index contributed by atoms with van der Waals surface area (Å²) in [5.41, 5.74) is 35.6. The van der Waals surface area contributed by atoms with Gasteiger partial charge in [-0.25, -0.2) is 0 Å². The van der Waals surface area contributed by atoms with Crippen molar-refractivity contribution >= 4 is 79.0 Å². The summed E-state index contributed by atoms with van der Waals surface area (Å²) in [6.45, 7) is 46.8. The van der Waals surface area contributed by atoms with Crippen LogP contribution in [-0.2, 0) is 21.7 Å². The standard InChI is InChI=1S/C78H84BN3/c1-45-25-21-22-28-58(45)60-30-24-29-59(52(60)8)53-35-48(4)73(49(5)36-53)81-66-34-32-55(76(12,13)14)40-63(66)79-64-43-62-61-39-54(75(9,10)11)31-33-65(61)80(72-46(2)26-23-27-47(72)3)67(62)44-68(64)82(70-42-57(78(18,19)20)41-69(81)71(70)79)74-50(6)37-56(38-51(74)7)77(15,16)17/h21-44H,1-20H3. The van der Waals surface area contributed by atoms with E-state index in [1.807, 2.05) is 0 Å². The minimum atomic E-state index is -0.174. The van der Waals surface area contributed by atoms with Crippen LogP contribution < -0.4 is 26.2 Å². The van der Waals surface area contributed by atoms with Crippen molar-refractivity contribution in [2.24, 2.45) is 0 Å². The molecule has 10 aromatic rings. The fourth-order valence-electron chi connectivity index (χ4n) is 14.1. The SMILES string of the molecule is Cc1ccccc1-c1cccc(-c2cc(C)c(N3c4ccc(C(C)(C)C)cc4B4c5cc6c7cc(C(C)(C)C)ccc7n(-c7c(C)cccc7C)c6cc5N(c5c(C)cc(C(C)(C)C)cc5C)c5cc(C(C)(C)C)cc3c54)c(C)c2)c1C. The first kappa shape index (κ1) is 55.0. The number of rotatable bonds is 5. The van der Waals surface area contributed by atoms with Gasteiger partial charge < -0.3 is 14.4 Å². The van der Waals surface area contributed by atoms with E-state index in [1.54, 1.807) is 0 Å². The highest BCUT2D eigenvalue weighted by molar-refractivity contribution is 7.00. The predicted molar refractivity (Wildman–Crippen MR) is 358 cm³/mol. The molecule has 0 radical (unpaired) electrons. The van der Waals surface area contributed by atoms with Crippen LogP contribution in [-0.4, -0.2) is 11.3 Å². The zero-order valence-corrected chi connectivity index (χ0v) is 52.8. The number of aryl methyl sites for hydroxylation is 7. The number of anilines is 6. The molecule has 0 saturated heterocycles. The van der Waals surface area contributed by atoms with Gasteiger partial charge in [-0.05, 0) is 231 Å². The van der Waals surface area contributed by atoms with Crippen LogP contribution in [0.1, 0.15) is 150 Å². The molecule has 0 saturated carbocycles. The van der Waals surface area contributed by atoms with Gasteiger partial charge in [0.2, 0.25) is 0 Å². The van der Waals surface area contributed by atoms with Gasteiger partial charge in [-0.3, -0.25) is 0 Å². The molecule has 12 rings (SSSR count). The third-order valence-corrected chi connectivity index (χ3v) is 18.6. The molecular formula is C78H84BN3. The van der Waals surface area contributed by atoms with Crippen molar-refractivity contribution in [2.75, 3.05) is 9.80 Å². The molecule has 82 heavy (non-hydrogen) atoms. The molecule has 0 spiro atoms. The number of fused-ring (bicyclic) bond motifs is 7. The van der Waals surface area contributed by atoms with Gasteiger partial charge in [0.1, 0.15) is 0 Å². The third kappa shape index (κ3) is 8.76. The van der Waals surface area contributed by atoms with E-state index < -0.39 is 0 Å². The molecule has 4 heteroatoms. The minimum Gasteiger partial charge on any atom is -0.311 e. The van der Waals surface area contributed by atoms with Crippen molar-refractivity contribution in [3.05, 3.63) is 212 Å². The fraction of sp³-hybridized carbons (Fsp3) is 0.308. The summed E-state index contributed by atoms with van der Waals surface area (Å²) in [6.07, 6.45) is 0. The Labute approximate surface area is 491 Å². The van der Waals surface area contributed by atoms with Crippen molar-refractivity contribution in [3.63, 3.8) is 0 Å². The van der Waals surface area contributed by atoms with Gasteiger partial charge >= 0.3 is 0 Å². The maximum atomic E-state index is 2.72. The predicted octanol–water partition coefficient (Wildman–Crippen LogP) is 19.9. The number of aromatic nitrogens is 1. The summed E-state index contributed by atoms with van der Waals surface area (Å²) in [7, 11) is 0. The van der Waals surface area contributed by atoms with Crippen molar-refractivity contribution < 1.29 is 0 Å². The summed E-state index contributed by atoms with van der Waals surface area (Å²) >= 11 is 0. The first-order chi connectivity index (χ1) is 38.5. The topological polar surface area (TPSA) is 11.4 Å². The van der Waals surface area contributed by atoms with E-state index in [4.69, 9.17) is 0 Å². The molecular weight excluding hydrogens is 990 g/mol. The summed E-state index contributed by atoms with van der Waals surface area (Å²) in [5.74, 6) is 0. The molecule has 1 aromatic heterocycles. The van der Waals surface area contributed by atoms with E-state index in [9.17, 15) is 0 Å². The second-order valence-corrected chi connectivity index (χ2v) is 28.8. The molecule has 0 atom stereocenters. The highest BCUT2D eigenvalue weighted by atomic mass is 15.2. The molecule has 0 fully saturated rings. The van der Waals surface area contributed by atoms with E-state index in [0.29, 0.717) is 0 Å². The largest absolute Gasteiger partial charge is 0.311 e. The average molecular weight is 1070 g/mol. The summed E-state index contributed by atoms with van der Waals surface area (Å²) in [4.78, 5) is 5.40. The molecule has 3 nitrogen and oxygen atoms in total. The number of hydrogen-bond acceptors (Lipinski definition) is 2. The van der Waals surface area contributed by atoms with Gasteiger partial charge in [0.15, 0.2) is 0 Å². The average Bonchev–Trinajstić information content (AvgIpc) is 1.64. The lowest BCUT2D eigenvalue weighted by atomic mass is 9.33. The zero-order chi connectivity index (χ0) is 58.6. The van der Waals surface area contributed by atoms with Crippen LogP contribution in [0.5, 0.6) is 0 Å². The lowest BCUT2D eigenvalue weighted by Crippen LogP contribution is -2.61. The van der Waals surface area contributed by atoms with Gasteiger partial charge in [-0.1, -0.05) is 180 Å². The normalized spacial score (nSPS) is 13.5. The Morgan fingerprint density at radius 3 is 1.37 bits per heavy atom. The Morgan fingerprint density at radius 2 is 0.780 bits per heavy atom. The van der Waals surface area contributed by atoms with Gasteiger partial charge in [-0.15, -0.1) is 0 Å². The van der Waals surface area contributed by atoms with E-state index in [2.05, 4.69) is 298 Å².